The Morgan fingerprint density at radius 1 is 0.785 bits per heavy atom. The second kappa shape index (κ2) is 38.4. The first-order valence-corrected chi connectivity index (χ1v) is 32.4. The maximum absolute atomic E-state index is 12.6. The number of hydrogen-bond acceptors (Lipinski definition) is 12. The summed E-state index contributed by atoms with van der Waals surface area (Å²) < 4.78 is 109. The Bertz CT molecular complexity index is 2050. The molecule has 5 unspecified atom stereocenters. The Morgan fingerprint density at radius 3 is 1.71 bits per heavy atom. The van der Waals surface area contributed by atoms with E-state index < -0.39 is 49.5 Å². The summed E-state index contributed by atoms with van der Waals surface area (Å²) in [5, 5.41) is 26.7. The fourth-order valence-electron chi connectivity index (χ4n) is 9.65. The predicted octanol–water partition coefficient (Wildman–Crippen LogP) is 11.6. The van der Waals surface area contributed by atoms with Gasteiger partial charge in [-0.1, -0.05) is 47.4 Å². The number of ether oxygens (including phenoxy) is 1. The van der Waals surface area contributed by atoms with Gasteiger partial charge >= 0.3 is 5.97 Å². The maximum Gasteiger partial charge on any atom is 0.320 e. The quantitative estimate of drug-likeness (QED) is 0.0952. The molecule has 0 amide bonds. The van der Waals surface area contributed by atoms with E-state index in [-0.39, 0.29) is 38.0 Å². The molecule has 1 aliphatic carbocycles. The third kappa shape index (κ3) is 34.1. The summed E-state index contributed by atoms with van der Waals surface area (Å²) in [5.41, 5.74) is 1.58. The molecule has 19 heteroatoms. The van der Waals surface area contributed by atoms with E-state index in [1.165, 1.54) is 62.0 Å². The molecule has 6 aliphatic heterocycles. The zero-order valence-corrected chi connectivity index (χ0v) is 54.3. The minimum absolute atomic E-state index is 0.0329. The average molecular weight is 1180 g/mol. The molecule has 8 rings (SSSR count). The van der Waals surface area contributed by atoms with Crippen molar-refractivity contribution in [1.29, 1.82) is 0 Å². The molecule has 0 bridgehead atoms. The Labute approximate surface area is 497 Å². The van der Waals surface area contributed by atoms with E-state index in [2.05, 4.69) is 116 Å². The molecule has 1 saturated carbocycles. The highest BCUT2D eigenvalue weighted by Crippen LogP contribution is 2.32. The number of likely N-dealkylation sites (tertiary alicyclic amines) is 3. The van der Waals surface area contributed by atoms with Gasteiger partial charge in [-0.05, 0) is 146 Å². The minimum atomic E-state index is -2.82. The molecule has 13 nitrogen and oxygen atoms in total. The molecule has 5 atom stereocenters. The van der Waals surface area contributed by atoms with Crippen molar-refractivity contribution in [3.63, 3.8) is 0 Å². The van der Waals surface area contributed by atoms with Crippen molar-refractivity contribution in [3.8, 4) is 0 Å². The van der Waals surface area contributed by atoms with Crippen LogP contribution < -0.4 is 21.3 Å². The number of nitrogens with one attached hydrogen (secondary N) is 4. The number of carbonyl (C=O) groups is 1. The van der Waals surface area contributed by atoms with E-state index in [0.29, 0.717) is 65.4 Å². The highest BCUT2D eigenvalue weighted by Gasteiger charge is 2.44. The van der Waals surface area contributed by atoms with Crippen molar-refractivity contribution in [2.24, 2.45) is 7.05 Å². The molecule has 5 N–H and O–H groups in total. The van der Waals surface area contributed by atoms with E-state index in [0.717, 1.165) is 42.1 Å². The third-order valence-electron chi connectivity index (χ3n) is 13.9. The number of nitrogens with zero attached hydrogens (tertiary/aromatic N) is 6. The number of aromatic nitrogens is 2. The number of piperidine rings is 1. The smallest absolute Gasteiger partial charge is 0.320 e. The van der Waals surface area contributed by atoms with Gasteiger partial charge in [-0.15, -0.1) is 0 Å². The monoisotopic (exact) mass is 1180 g/mol. The van der Waals surface area contributed by atoms with Gasteiger partial charge in [-0.2, -0.15) is 27.3 Å². The average Bonchev–Trinajstić information content (AvgIpc) is 0.852. The van der Waals surface area contributed by atoms with Gasteiger partial charge in [0.1, 0.15) is 6.04 Å². The molecule has 0 aromatic carbocycles. The highest BCUT2D eigenvalue weighted by molar-refractivity contribution is 8.14. The molecular weight excluding hydrogens is 1050 g/mol. The largest absolute Gasteiger partial charge is 0.480 e. The first-order chi connectivity index (χ1) is 39.2. The van der Waals surface area contributed by atoms with E-state index in [4.69, 9.17) is 14.7 Å². The normalized spacial score (nSPS) is 29.6. The fourth-order valence-corrected chi connectivity index (χ4v) is 12.4. The van der Waals surface area contributed by atoms with Gasteiger partial charge in [0.2, 0.25) is 0 Å². The van der Waals surface area contributed by atoms with Crippen LogP contribution in [-0.2, 0) is 16.6 Å². The van der Waals surface area contributed by atoms with Gasteiger partial charge in [-0.25, -0.2) is 17.6 Å². The van der Waals surface area contributed by atoms with Crippen molar-refractivity contribution in [2.45, 2.75) is 272 Å². The first-order valence-electron chi connectivity index (χ1n) is 33.0. The minimum Gasteiger partial charge on any atom is -0.480 e. The Hall–Kier alpha value is -1.55. The van der Waals surface area contributed by atoms with Crippen molar-refractivity contribution in [1.82, 2.24) is 45.3 Å². The molecule has 0 radical (unpaired) electrons. The summed E-state index contributed by atoms with van der Waals surface area (Å²) >= 11 is 2.06. The number of alkyl halides is 4. The van der Waals surface area contributed by atoms with Crippen molar-refractivity contribution < 1.29 is 41.8 Å². The second-order valence-corrected chi connectivity index (χ2v) is 27.8. The number of morpholine rings is 1. The molecule has 1 aromatic rings. The number of aliphatic carboxylic acids is 1. The van der Waals surface area contributed by atoms with E-state index >= 15 is 0 Å². The number of carboxylic acid groups (broad SMARTS) is 1. The number of hydrogen-bond donors (Lipinski definition) is 5. The fraction of sp³-hybridized carbons (Fsp3) is 0.917. The van der Waals surface area contributed by atoms with Gasteiger partial charge < -0.3 is 36.0 Å². The first kappa shape index (κ1) is 63.5. The summed E-state index contributed by atoms with van der Waals surface area (Å²) in [5.74, 6) is 3.93. The SMILES string of the molecule is C=S1CCC(NC(C)C)C1.CC(C)N1CC(F)(F)C1.CC(C)N1CCC(F)(F)CC1.CC(C)N1CCCC1C(=O)O.CC(C)NC1(C)CCC1.CC(C)NC1CCSC1.CC(C)Nc1cnn(C)c1.[2H]C1([2H])OC([2H])([2H])C([2H])(C)N(C(C)C)C1([2H])[2H]. The van der Waals surface area contributed by atoms with Crippen molar-refractivity contribution >= 4 is 39.8 Å². The molecule has 0 spiro atoms. The number of rotatable bonds is 13. The summed E-state index contributed by atoms with van der Waals surface area (Å²) in [6.07, 6.45) is 12.5. The standard InChI is InChI=1S/C8H15F2N.C8H15NO2.C8H17NO.C8H17NS.C8H17N.C7H13N3.C7H15NS.C6H11F2N/c1-7(2)11-5-3-8(9,10)4-6-11;1-6(2)9-5-3-4-7(9)8(10)11;1-7(2)9-4-5-10-6-8(9)3;1-7(2)9-8-4-5-10(3)6-8;1-7(2)9-8(3)5-4-6-8;1-6(2)9-7-4-8-10(3)5-7;1-6(2)8-7-3-4-9-5-7;1-5(2)9-3-6(7,8)4-9/h7H,3-6H2,1-2H3;6-7H,3-5H2,1-2H3,(H,10,11);7-8H,4-6H2,1-3H3;7-9H,3-6H2,1-2H3;7,9H,4-6H2,1-3H3;4-6,9H,1-3H3;6-8H,3-5H2,1-2H3;5H,3-4H2,1-2H3/i;;4D2,5D2,6D2,8D;;;;;. The van der Waals surface area contributed by atoms with E-state index in [9.17, 15) is 22.4 Å². The lowest BCUT2D eigenvalue weighted by atomic mass is 9.78. The molecule has 7 fully saturated rings. The lowest BCUT2D eigenvalue weighted by molar-refractivity contribution is -0.142. The summed E-state index contributed by atoms with van der Waals surface area (Å²) in [4.78, 5) is 17.4. The number of carboxylic acids is 1. The molecule has 1 aromatic heterocycles. The van der Waals surface area contributed by atoms with Gasteiger partial charge in [0.05, 0.1) is 43.6 Å². The molecule has 7 aliphatic rings. The van der Waals surface area contributed by atoms with Gasteiger partial charge in [0, 0.05) is 133 Å². The predicted molar refractivity (Wildman–Crippen MR) is 335 cm³/mol. The Balaban J connectivity index is 0.000000496. The van der Waals surface area contributed by atoms with E-state index in [1.54, 1.807) is 23.4 Å². The van der Waals surface area contributed by atoms with E-state index in [1.807, 2.05) is 65.9 Å². The van der Waals surface area contributed by atoms with Crippen molar-refractivity contribution in [2.75, 3.05) is 80.7 Å². The van der Waals surface area contributed by atoms with Gasteiger partial charge in [0.15, 0.2) is 0 Å². The van der Waals surface area contributed by atoms with Gasteiger partial charge in [-0.3, -0.25) is 24.2 Å². The molecule has 79 heavy (non-hydrogen) atoms. The van der Waals surface area contributed by atoms with Crippen LogP contribution in [0, 0.1) is 0 Å². The Kier molecular flexibility index (Phi) is 30.9. The number of aryl methyl sites for hydroxylation is 1. The lowest BCUT2D eigenvalue weighted by Gasteiger charge is -2.41. The van der Waals surface area contributed by atoms with Crippen LogP contribution in [0.15, 0.2) is 12.4 Å². The van der Waals surface area contributed by atoms with Crippen LogP contribution in [0.3, 0.4) is 0 Å². The number of halogens is 4. The summed E-state index contributed by atoms with van der Waals surface area (Å²) in [7, 11) is 2.38. The second-order valence-electron chi connectivity index (χ2n) is 24.7. The molecule has 7 heterocycles. The lowest BCUT2D eigenvalue weighted by Crippen LogP contribution is -2.58. The zero-order chi connectivity index (χ0) is 66.6. The topological polar surface area (TPSA) is 125 Å². The van der Waals surface area contributed by atoms with Gasteiger partial charge in [0.25, 0.3) is 11.8 Å². The molecule has 468 valence electrons. The number of thioether (sulfide) groups is 1. The van der Waals surface area contributed by atoms with Crippen LogP contribution in [0.2, 0.25) is 0 Å². The maximum atomic E-state index is 12.6. The molecule has 6 saturated heterocycles. The van der Waals surface area contributed by atoms with Crippen LogP contribution in [0.1, 0.15) is 192 Å². The van der Waals surface area contributed by atoms with Crippen LogP contribution in [0.5, 0.6) is 0 Å². The summed E-state index contributed by atoms with van der Waals surface area (Å²) in [6.45, 7) is 30.1. The third-order valence-corrected chi connectivity index (χ3v) is 16.8. The van der Waals surface area contributed by atoms with Crippen LogP contribution in [0.25, 0.3) is 0 Å². The van der Waals surface area contributed by atoms with Crippen LogP contribution in [0.4, 0.5) is 23.2 Å². The number of anilines is 1. The highest BCUT2D eigenvalue weighted by atomic mass is 32.2. The Morgan fingerprint density at radius 2 is 1.35 bits per heavy atom. The van der Waals surface area contributed by atoms with Crippen LogP contribution in [-0.4, -0.2) is 212 Å². The van der Waals surface area contributed by atoms with Crippen LogP contribution >= 0.6 is 22.2 Å². The van der Waals surface area contributed by atoms with Crippen molar-refractivity contribution in [3.05, 3.63) is 12.4 Å². The zero-order valence-electron chi connectivity index (χ0n) is 59.7. The summed E-state index contributed by atoms with van der Waals surface area (Å²) in [6, 6.07) is 2.24. The molecular formula is C60H120F4N10O3S2.